The normalized spacial score (nSPS) is 26.9. The molecule has 0 amide bonds. The highest BCUT2D eigenvalue weighted by Gasteiger charge is 2.55. The van der Waals surface area contributed by atoms with Crippen LogP contribution in [0.1, 0.15) is 79.6 Å². The molecule has 0 bridgehead atoms. The van der Waals surface area contributed by atoms with Gasteiger partial charge in [0.1, 0.15) is 6.10 Å². The summed E-state index contributed by atoms with van der Waals surface area (Å²) in [6, 6.07) is 0. The highest BCUT2D eigenvalue weighted by atomic mass is 19.4. The number of hydrogen-bond donors (Lipinski definition) is 1. The van der Waals surface area contributed by atoms with E-state index in [-0.39, 0.29) is 18.0 Å². The number of rotatable bonds is 7. The van der Waals surface area contributed by atoms with Crippen LogP contribution in [0.15, 0.2) is 12.2 Å². The van der Waals surface area contributed by atoms with Crippen molar-refractivity contribution in [2.45, 2.75) is 109 Å². The summed E-state index contributed by atoms with van der Waals surface area (Å²) < 4.78 is 50.8. The molecule has 4 nitrogen and oxygen atoms in total. The van der Waals surface area contributed by atoms with E-state index in [0.29, 0.717) is 24.8 Å². The Labute approximate surface area is 166 Å². The van der Waals surface area contributed by atoms with Gasteiger partial charge in [-0.25, -0.2) is 4.79 Å². The van der Waals surface area contributed by atoms with E-state index in [1.807, 2.05) is 13.8 Å². The Bertz CT molecular complexity index is 534. The molecule has 1 fully saturated rings. The van der Waals surface area contributed by atoms with Gasteiger partial charge in [-0.2, -0.15) is 13.2 Å². The van der Waals surface area contributed by atoms with Crippen molar-refractivity contribution in [3.63, 3.8) is 0 Å². The van der Waals surface area contributed by atoms with Crippen molar-refractivity contribution in [2.75, 3.05) is 0 Å². The van der Waals surface area contributed by atoms with Gasteiger partial charge in [0.05, 0.1) is 11.7 Å². The zero-order chi connectivity index (χ0) is 21.8. The van der Waals surface area contributed by atoms with Crippen LogP contribution in [-0.2, 0) is 14.3 Å². The fourth-order valence-corrected chi connectivity index (χ4v) is 3.67. The van der Waals surface area contributed by atoms with Crippen LogP contribution in [0.5, 0.6) is 0 Å². The van der Waals surface area contributed by atoms with Crippen molar-refractivity contribution in [1.82, 2.24) is 0 Å². The van der Waals surface area contributed by atoms with E-state index in [9.17, 15) is 23.1 Å². The maximum Gasteiger partial charge on any atom is 0.419 e. The van der Waals surface area contributed by atoms with E-state index in [1.54, 1.807) is 6.92 Å². The number of esters is 1. The zero-order valence-electron chi connectivity index (χ0n) is 17.7. The molecule has 3 unspecified atom stereocenters. The molecule has 0 saturated heterocycles. The fourth-order valence-electron chi connectivity index (χ4n) is 3.67. The van der Waals surface area contributed by atoms with Crippen molar-refractivity contribution in [1.29, 1.82) is 0 Å². The van der Waals surface area contributed by atoms with Gasteiger partial charge in [-0.1, -0.05) is 13.5 Å². The van der Waals surface area contributed by atoms with Crippen LogP contribution in [0, 0.1) is 5.92 Å². The second kappa shape index (κ2) is 9.61. The molecule has 1 N–H and O–H groups in total. The van der Waals surface area contributed by atoms with Crippen molar-refractivity contribution < 1.29 is 32.5 Å². The molecule has 1 rings (SSSR count). The van der Waals surface area contributed by atoms with Crippen LogP contribution in [0.3, 0.4) is 0 Å². The molecule has 28 heavy (non-hydrogen) atoms. The third kappa shape index (κ3) is 6.21. The van der Waals surface area contributed by atoms with Crippen molar-refractivity contribution in [3.05, 3.63) is 12.2 Å². The number of hydrogen-bond acceptors (Lipinski definition) is 4. The van der Waals surface area contributed by atoms with Crippen LogP contribution < -0.4 is 0 Å². The summed E-state index contributed by atoms with van der Waals surface area (Å²) in [6.07, 6.45) is -1.19. The number of ether oxygens (including phenoxy) is 2. The van der Waals surface area contributed by atoms with Crippen LogP contribution in [0.25, 0.3) is 0 Å². The summed E-state index contributed by atoms with van der Waals surface area (Å²) in [5.41, 5.74) is -3.31. The highest BCUT2D eigenvalue weighted by molar-refractivity contribution is 5.87. The van der Waals surface area contributed by atoms with E-state index in [4.69, 9.17) is 9.47 Å². The molecule has 0 aliphatic heterocycles. The molecule has 0 radical (unpaired) electrons. The SMILES string of the molecule is C=C(C)C(=O)OC1CCCC(C(C)(CC)OC(C)C(C)(O)C(F)(F)F)CCC1. The van der Waals surface area contributed by atoms with E-state index >= 15 is 0 Å². The van der Waals surface area contributed by atoms with Crippen molar-refractivity contribution in [2.24, 2.45) is 5.92 Å². The van der Waals surface area contributed by atoms with Gasteiger partial charge in [0, 0.05) is 5.57 Å². The third-order valence-electron chi connectivity index (χ3n) is 6.16. The van der Waals surface area contributed by atoms with Gasteiger partial charge in [0.2, 0.25) is 0 Å². The predicted molar refractivity (Wildman–Crippen MR) is 102 cm³/mol. The molecule has 1 aliphatic rings. The molecule has 0 aromatic rings. The molecule has 0 heterocycles. The Morgan fingerprint density at radius 3 is 2.07 bits per heavy atom. The topological polar surface area (TPSA) is 55.8 Å². The lowest BCUT2D eigenvalue weighted by atomic mass is 9.77. The zero-order valence-corrected chi connectivity index (χ0v) is 17.7. The Morgan fingerprint density at radius 1 is 1.18 bits per heavy atom. The minimum absolute atomic E-state index is 0.0711. The second-order valence-corrected chi connectivity index (χ2v) is 8.44. The maximum absolute atomic E-state index is 13.2. The third-order valence-corrected chi connectivity index (χ3v) is 6.16. The molecule has 1 aliphatic carbocycles. The van der Waals surface area contributed by atoms with Gasteiger partial charge >= 0.3 is 12.1 Å². The average molecular weight is 409 g/mol. The molecular formula is C21H35F3O4. The Balaban J connectivity index is 2.77. The lowest BCUT2D eigenvalue weighted by molar-refractivity contribution is -0.302. The summed E-state index contributed by atoms with van der Waals surface area (Å²) in [7, 11) is 0. The second-order valence-electron chi connectivity index (χ2n) is 8.44. The predicted octanol–water partition coefficient (Wildman–Crippen LogP) is 5.33. The summed E-state index contributed by atoms with van der Waals surface area (Å²) in [5, 5.41) is 9.94. The maximum atomic E-state index is 13.2. The van der Waals surface area contributed by atoms with Crippen LogP contribution >= 0.6 is 0 Å². The summed E-state index contributed by atoms with van der Waals surface area (Å²) >= 11 is 0. The molecule has 7 heteroatoms. The molecule has 0 aromatic carbocycles. The molecule has 3 atom stereocenters. The van der Waals surface area contributed by atoms with Crippen molar-refractivity contribution >= 4 is 5.97 Å². The first-order valence-electron chi connectivity index (χ1n) is 10.1. The van der Waals surface area contributed by atoms with Gasteiger partial charge in [-0.05, 0) is 78.6 Å². The van der Waals surface area contributed by atoms with Crippen LogP contribution in [0.2, 0.25) is 0 Å². The first kappa shape index (κ1) is 25.0. The largest absolute Gasteiger partial charge is 0.459 e. The number of halogens is 3. The van der Waals surface area contributed by atoms with Gasteiger partial charge in [-0.15, -0.1) is 0 Å². The smallest absolute Gasteiger partial charge is 0.419 e. The Morgan fingerprint density at radius 2 is 1.68 bits per heavy atom. The highest BCUT2D eigenvalue weighted by Crippen LogP contribution is 2.41. The van der Waals surface area contributed by atoms with Crippen LogP contribution in [0.4, 0.5) is 13.2 Å². The monoisotopic (exact) mass is 408 g/mol. The summed E-state index contributed by atoms with van der Waals surface area (Å²) in [4.78, 5) is 11.7. The van der Waals surface area contributed by atoms with E-state index < -0.39 is 23.5 Å². The molecule has 0 aromatic heterocycles. The molecule has 1 saturated carbocycles. The lowest BCUT2D eigenvalue weighted by Gasteiger charge is -2.44. The fraction of sp³-hybridized carbons (Fsp3) is 0.857. The van der Waals surface area contributed by atoms with E-state index in [0.717, 1.165) is 32.6 Å². The Kier molecular flexibility index (Phi) is 8.57. The number of carbonyl (C=O) groups is 1. The van der Waals surface area contributed by atoms with Gasteiger partial charge < -0.3 is 14.6 Å². The van der Waals surface area contributed by atoms with Gasteiger partial charge in [0.15, 0.2) is 5.60 Å². The van der Waals surface area contributed by atoms with E-state index in [2.05, 4.69) is 6.58 Å². The Hall–Kier alpha value is -1.08. The summed E-state index contributed by atoms with van der Waals surface area (Å²) in [6.45, 7) is 11.0. The first-order chi connectivity index (χ1) is 12.7. The van der Waals surface area contributed by atoms with Crippen molar-refractivity contribution in [3.8, 4) is 0 Å². The minimum atomic E-state index is -4.76. The number of alkyl halides is 3. The standard InChI is InChI=1S/C21H35F3O4/c1-7-19(5,28-15(4)20(6,26)21(22,23)24)16-10-8-12-17(13-9-11-16)27-18(25)14(2)3/h15-17,26H,2,7-13H2,1,3-6H3. The van der Waals surface area contributed by atoms with Crippen LogP contribution in [-0.4, -0.2) is 40.7 Å². The quantitative estimate of drug-likeness (QED) is 0.457. The lowest BCUT2D eigenvalue weighted by Crippen LogP contribution is -2.55. The number of aliphatic hydroxyl groups is 1. The van der Waals surface area contributed by atoms with Gasteiger partial charge in [0.25, 0.3) is 0 Å². The molecule has 0 spiro atoms. The summed E-state index contributed by atoms with van der Waals surface area (Å²) in [5.74, 6) is -0.311. The van der Waals surface area contributed by atoms with Gasteiger partial charge in [-0.3, -0.25) is 0 Å². The minimum Gasteiger partial charge on any atom is -0.459 e. The first-order valence-corrected chi connectivity index (χ1v) is 10.1. The number of carbonyl (C=O) groups excluding carboxylic acids is 1. The molecule has 164 valence electrons. The average Bonchev–Trinajstić information content (AvgIpc) is 2.55. The molecular weight excluding hydrogens is 373 g/mol. The van der Waals surface area contributed by atoms with E-state index in [1.165, 1.54) is 6.92 Å².